The van der Waals surface area contributed by atoms with Gasteiger partial charge in [0.1, 0.15) is 6.04 Å². The highest BCUT2D eigenvalue weighted by Gasteiger charge is 2.37. The van der Waals surface area contributed by atoms with Crippen LogP contribution in [0.4, 0.5) is 26.3 Å². The van der Waals surface area contributed by atoms with E-state index in [0.717, 1.165) is 24.3 Å². The van der Waals surface area contributed by atoms with Crippen molar-refractivity contribution in [3.05, 3.63) is 131 Å². The van der Waals surface area contributed by atoms with Crippen molar-refractivity contribution in [1.29, 1.82) is 0 Å². The van der Waals surface area contributed by atoms with Gasteiger partial charge >= 0.3 is 18.3 Å². The average molecular weight is 611 g/mol. The zero-order valence-electron chi connectivity index (χ0n) is 22.6. The summed E-state index contributed by atoms with van der Waals surface area (Å²) in [6.07, 6.45) is -5.94. The summed E-state index contributed by atoms with van der Waals surface area (Å²) in [4.78, 5) is 15.3. The second kappa shape index (κ2) is 14.0. The lowest BCUT2D eigenvalue weighted by Crippen LogP contribution is -2.50. The normalized spacial score (nSPS) is 13.6. The Kier molecular flexibility index (Phi) is 11.0. The fourth-order valence-corrected chi connectivity index (χ4v) is 4.74. The van der Waals surface area contributed by atoms with Gasteiger partial charge in [0.25, 0.3) is 0 Å². The molecule has 0 unspecified atom stereocenters. The summed E-state index contributed by atoms with van der Waals surface area (Å²) in [7, 11) is 1.19. The lowest BCUT2D eigenvalue weighted by Gasteiger charge is -2.37. The SMILES string of the molecule is C=CCN(CC=C)[C@@H](c1ccc(Cl)cc1)[C@H](NC(c1ccc(C(F)(F)F)cc1)c1ccc(C(F)(F)F)cc1)C(=O)OC. The molecule has 42 heavy (non-hydrogen) atoms. The number of esters is 1. The minimum absolute atomic E-state index is 0.283. The van der Waals surface area contributed by atoms with Gasteiger partial charge in [0.15, 0.2) is 0 Å². The summed E-state index contributed by atoms with van der Waals surface area (Å²) >= 11 is 6.11. The molecular weight excluding hydrogens is 582 g/mol. The van der Waals surface area contributed by atoms with Crippen LogP contribution in [0.25, 0.3) is 0 Å². The Hall–Kier alpha value is -3.60. The molecule has 3 rings (SSSR count). The lowest BCUT2D eigenvalue weighted by atomic mass is 9.92. The van der Waals surface area contributed by atoms with Crippen LogP contribution in [-0.4, -0.2) is 37.1 Å². The smallest absolute Gasteiger partial charge is 0.416 e. The second-order valence-electron chi connectivity index (χ2n) is 9.37. The molecule has 3 aromatic carbocycles. The summed E-state index contributed by atoms with van der Waals surface area (Å²) in [6, 6.07) is 12.2. The average Bonchev–Trinajstić information content (AvgIpc) is 2.95. The Morgan fingerprint density at radius 1 is 0.810 bits per heavy atom. The first kappa shape index (κ1) is 32.9. The fraction of sp³-hybridized carbons (Fsp3) is 0.258. The topological polar surface area (TPSA) is 41.6 Å². The monoisotopic (exact) mass is 610 g/mol. The molecule has 0 aliphatic carbocycles. The van der Waals surface area contributed by atoms with Crippen LogP contribution < -0.4 is 5.32 Å². The molecule has 0 spiro atoms. The van der Waals surface area contributed by atoms with Crippen LogP contribution >= 0.6 is 11.6 Å². The van der Waals surface area contributed by atoms with Gasteiger partial charge in [0, 0.05) is 18.1 Å². The number of methoxy groups -OCH3 is 1. The number of benzene rings is 3. The Morgan fingerprint density at radius 3 is 1.57 bits per heavy atom. The van der Waals surface area contributed by atoms with Crippen molar-refractivity contribution >= 4 is 17.6 Å². The van der Waals surface area contributed by atoms with E-state index in [1.54, 1.807) is 36.4 Å². The van der Waals surface area contributed by atoms with Gasteiger partial charge in [0.05, 0.1) is 30.3 Å². The molecule has 0 radical (unpaired) electrons. The van der Waals surface area contributed by atoms with Crippen molar-refractivity contribution in [2.24, 2.45) is 0 Å². The van der Waals surface area contributed by atoms with Crippen molar-refractivity contribution in [2.75, 3.05) is 20.2 Å². The van der Waals surface area contributed by atoms with Crippen LogP contribution in [0.1, 0.15) is 39.9 Å². The van der Waals surface area contributed by atoms with Crippen LogP contribution in [0.2, 0.25) is 5.02 Å². The van der Waals surface area contributed by atoms with Crippen molar-refractivity contribution in [3.8, 4) is 0 Å². The number of nitrogens with one attached hydrogen (secondary N) is 1. The maximum atomic E-state index is 13.4. The van der Waals surface area contributed by atoms with Gasteiger partial charge in [-0.15, -0.1) is 13.2 Å². The van der Waals surface area contributed by atoms with E-state index in [2.05, 4.69) is 18.5 Å². The number of hydrogen-bond donors (Lipinski definition) is 1. The van der Waals surface area contributed by atoms with Gasteiger partial charge in [-0.2, -0.15) is 26.3 Å². The Morgan fingerprint density at radius 2 is 1.21 bits per heavy atom. The number of hydrogen-bond acceptors (Lipinski definition) is 4. The molecule has 0 amide bonds. The van der Waals surface area contributed by atoms with Gasteiger partial charge in [-0.1, -0.05) is 60.2 Å². The maximum Gasteiger partial charge on any atom is 0.416 e. The first-order valence-electron chi connectivity index (χ1n) is 12.7. The van der Waals surface area contributed by atoms with Crippen LogP contribution in [0.5, 0.6) is 0 Å². The summed E-state index contributed by atoms with van der Waals surface area (Å²) in [5.74, 6) is -0.711. The third-order valence-corrected chi connectivity index (χ3v) is 6.84. The van der Waals surface area contributed by atoms with E-state index in [1.165, 1.54) is 31.4 Å². The molecule has 0 aliphatic heterocycles. The van der Waals surface area contributed by atoms with E-state index in [9.17, 15) is 31.1 Å². The fourth-order valence-electron chi connectivity index (χ4n) is 4.62. The van der Waals surface area contributed by atoms with E-state index >= 15 is 0 Å². The predicted octanol–water partition coefficient (Wildman–Crippen LogP) is 8.01. The van der Waals surface area contributed by atoms with Crippen molar-refractivity contribution in [2.45, 2.75) is 30.5 Å². The van der Waals surface area contributed by atoms with Crippen molar-refractivity contribution < 1.29 is 35.9 Å². The predicted molar refractivity (Wildman–Crippen MR) is 150 cm³/mol. The van der Waals surface area contributed by atoms with Crippen LogP contribution in [-0.2, 0) is 21.9 Å². The van der Waals surface area contributed by atoms with E-state index in [0.29, 0.717) is 23.7 Å². The highest BCUT2D eigenvalue weighted by atomic mass is 35.5. The highest BCUT2D eigenvalue weighted by molar-refractivity contribution is 6.30. The molecule has 224 valence electrons. The standard InChI is InChI=1S/C31H29ClF6N2O2/c1-4-18-40(19-5-2)28(22-10-16-25(32)17-11-22)27(29(41)42-3)39-26(20-6-12-23(13-7-20)30(33,34)35)21-8-14-24(15-9-21)31(36,37)38/h4-17,26-28,39H,1-2,18-19H2,3H3/t27-,28-/m0/s1. The van der Waals surface area contributed by atoms with E-state index < -0.39 is 47.6 Å². The first-order valence-corrected chi connectivity index (χ1v) is 13.1. The van der Waals surface area contributed by atoms with Crippen molar-refractivity contribution in [3.63, 3.8) is 0 Å². The van der Waals surface area contributed by atoms with Crippen LogP contribution in [0.15, 0.2) is 98.1 Å². The first-order chi connectivity index (χ1) is 19.8. The van der Waals surface area contributed by atoms with Gasteiger partial charge in [-0.25, -0.2) is 0 Å². The van der Waals surface area contributed by atoms with Crippen LogP contribution in [0, 0.1) is 0 Å². The summed E-state index contributed by atoms with van der Waals surface area (Å²) < 4.78 is 85.0. The third kappa shape index (κ3) is 8.24. The second-order valence-corrected chi connectivity index (χ2v) is 9.80. The number of alkyl halides is 6. The molecule has 0 aromatic heterocycles. The highest BCUT2D eigenvalue weighted by Crippen LogP contribution is 2.35. The zero-order chi connectivity index (χ0) is 31.1. The molecule has 11 heteroatoms. The Balaban J connectivity index is 2.19. The minimum atomic E-state index is -4.60. The molecule has 2 atom stereocenters. The van der Waals surface area contributed by atoms with Gasteiger partial charge < -0.3 is 4.74 Å². The van der Waals surface area contributed by atoms with Gasteiger partial charge in [-0.3, -0.25) is 15.0 Å². The maximum absolute atomic E-state index is 13.4. The lowest BCUT2D eigenvalue weighted by molar-refractivity contribution is -0.145. The molecule has 0 bridgehead atoms. The number of rotatable bonds is 12. The molecule has 0 fully saturated rings. The number of carbonyl (C=O) groups is 1. The Bertz CT molecular complexity index is 1270. The quantitative estimate of drug-likeness (QED) is 0.128. The van der Waals surface area contributed by atoms with Gasteiger partial charge in [0.2, 0.25) is 0 Å². The number of ether oxygens (including phenoxy) is 1. The number of nitrogens with zero attached hydrogens (tertiary/aromatic N) is 1. The number of halogens is 7. The summed E-state index contributed by atoms with van der Waals surface area (Å²) in [6.45, 7) is 8.19. The van der Waals surface area contributed by atoms with Gasteiger partial charge in [-0.05, 0) is 53.1 Å². The molecule has 0 aliphatic rings. The molecule has 0 saturated carbocycles. The molecule has 4 nitrogen and oxygen atoms in total. The third-order valence-electron chi connectivity index (χ3n) is 6.59. The summed E-state index contributed by atoms with van der Waals surface area (Å²) in [5.41, 5.74) is -0.589. The molecule has 0 saturated heterocycles. The van der Waals surface area contributed by atoms with Crippen LogP contribution in [0.3, 0.4) is 0 Å². The summed E-state index contributed by atoms with van der Waals surface area (Å²) in [5, 5.41) is 3.63. The zero-order valence-corrected chi connectivity index (χ0v) is 23.3. The molecule has 1 N–H and O–H groups in total. The molecular formula is C31H29ClF6N2O2. The number of carbonyl (C=O) groups excluding carboxylic acids is 1. The molecule has 3 aromatic rings. The largest absolute Gasteiger partial charge is 0.468 e. The van der Waals surface area contributed by atoms with E-state index in [4.69, 9.17) is 16.3 Å². The van der Waals surface area contributed by atoms with Crippen molar-refractivity contribution in [1.82, 2.24) is 10.2 Å². The minimum Gasteiger partial charge on any atom is -0.468 e. The van der Waals surface area contributed by atoms with E-state index in [1.807, 2.05) is 4.90 Å². The molecule has 0 heterocycles. The van der Waals surface area contributed by atoms with E-state index in [-0.39, 0.29) is 11.1 Å². The Labute approximate surface area is 245 Å².